The minimum absolute atomic E-state index is 0.187. The second-order valence-electron chi connectivity index (χ2n) is 11.3. The zero-order valence-electron chi connectivity index (χ0n) is 22.6. The summed E-state index contributed by atoms with van der Waals surface area (Å²) in [6, 6.07) is 21.7. The lowest BCUT2D eigenvalue weighted by atomic mass is 9.70. The monoisotopic (exact) mass is 526 g/mol. The minimum Gasteiger partial charge on any atom is -0.345 e. The summed E-state index contributed by atoms with van der Waals surface area (Å²) < 4.78 is 2.53. The first-order valence-electron chi connectivity index (χ1n) is 14.1. The number of hydrogen-bond donors (Lipinski definition) is 0. The maximum absolute atomic E-state index is 7.19. The summed E-state index contributed by atoms with van der Waals surface area (Å²) in [6.45, 7) is 12.5. The predicted octanol–water partition coefficient (Wildman–Crippen LogP) is 6.49. The minimum atomic E-state index is 0.187. The van der Waals surface area contributed by atoms with Crippen LogP contribution in [0.2, 0.25) is 0 Å². The van der Waals surface area contributed by atoms with Crippen molar-refractivity contribution < 1.29 is 0 Å². The molecule has 0 radical (unpaired) electrons. The highest BCUT2D eigenvalue weighted by Crippen LogP contribution is 2.45. The van der Waals surface area contributed by atoms with E-state index in [1.54, 1.807) is 11.8 Å². The van der Waals surface area contributed by atoms with E-state index in [-0.39, 0.29) is 5.41 Å². The van der Waals surface area contributed by atoms with Crippen LogP contribution < -0.4 is 0 Å². The Bertz CT molecular complexity index is 1320. The summed E-state index contributed by atoms with van der Waals surface area (Å²) in [5, 5.41) is 4.94. The molecule has 7 heteroatoms. The molecule has 198 valence electrons. The number of fused-ring (bicyclic) bond motifs is 3. The van der Waals surface area contributed by atoms with Gasteiger partial charge in [-0.25, -0.2) is 4.98 Å². The molecule has 0 spiro atoms. The normalized spacial score (nSPS) is 25.6. The summed E-state index contributed by atoms with van der Waals surface area (Å²) in [7, 11) is 0. The molecule has 0 saturated carbocycles. The Morgan fingerprint density at radius 2 is 1.71 bits per heavy atom. The van der Waals surface area contributed by atoms with E-state index in [1.165, 1.54) is 49.7 Å². The molecule has 1 unspecified atom stereocenters. The summed E-state index contributed by atoms with van der Waals surface area (Å²) in [4.78, 5) is 13.4. The lowest BCUT2D eigenvalue weighted by molar-refractivity contribution is 0.0890. The molecule has 3 aliphatic heterocycles. The first-order valence-corrected chi connectivity index (χ1v) is 15.3. The number of thioether (sulfide) groups is 1. The zero-order valence-corrected chi connectivity index (χ0v) is 23.4. The van der Waals surface area contributed by atoms with Gasteiger partial charge in [0.2, 0.25) is 5.17 Å². The van der Waals surface area contributed by atoms with Crippen LogP contribution in [-0.2, 0) is 5.41 Å². The van der Waals surface area contributed by atoms with Gasteiger partial charge in [0.15, 0.2) is 0 Å². The summed E-state index contributed by atoms with van der Waals surface area (Å²) >= 11 is 1.59. The maximum atomic E-state index is 7.19. The van der Waals surface area contributed by atoms with Crippen LogP contribution in [0.4, 0.5) is 0 Å². The van der Waals surface area contributed by atoms with Crippen LogP contribution in [0.3, 0.4) is 0 Å². The van der Waals surface area contributed by atoms with Gasteiger partial charge < -0.3 is 9.47 Å². The largest absolute Gasteiger partial charge is 0.345 e. The number of aryl methyl sites for hydroxylation is 1. The quantitative estimate of drug-likeness (QED) is 0.165. The number of aromatic nitrogens is 2. The molecule has 6 rings (SSSR count). The molecule has 0 aliphatic carbocycles. The van der Waals surface area contributed by atoms with Crippen molar-refractivity contribution in [2.24, 2.45) is 5.10 Å². The lowest BCUT2D eigenvalue weighted by Gasteiger charge is -2.45. The van der Waals surface area contributed by atoms with Crippen LogP contribution in [0, 0.1) is 13.5 Å². The number of piperidine rings is 2. The van der Waals surface area contributed by atoms with Crippen molar-refractivity contribution in [3.8, 4) is 0 Å². The van der Waals surface area contributed by atoms with E-state index < -0.39 is 0 Å². The van der Waals surface area contributed by atoms with Gasteiger partial charge in [0, 0.05) is 31.2 Å². The van der Waals surface area contributed by atoms with Gasteiger partial charge in [0.05, 0.1) is 11.0 Å². The highest BCUT2D eigenvalue weighted by molar-refractivity contribution is 8.13. The van der Waals surface area contributed by atoms with Gasteiger partial charge in [-0.1, -0.05) is 54.2 Å². The van der Waals surface area contributed by atoms with Gasteiger partial charge in [0.25, 0.3) is 0 Å². The molecule has 3 aliphatic rings. The van der Waals surface area contributed by atoms with Gasteiger partial charge in [-0.05, 0) is 87.8 Å². The fraction of sp³-hybridized carbons (Fsp3) is 0.516. The van der Waals surface area contributed by atoms with Crippen molar-refractivity contribution >= 4 is 28.0 Å². The van der Waals surface area contributed by atoms with Crippen molar-refractivity contribution in [3.63, 3.8) is 0 Å². The third-order valence-corrected chi connectivity index (χ3v) is 10.2. The Labute approximate surface area is 230 Å². The van der Waals surface area contributed by atoms with Crippen molar-refractivity contribution in [2.75, 3.05) is 25.9 Å². The summed E-state index contributed by atoms with van der Waals surface area (Å²) in [5.41, 5.74) is 4.09. The van der Waals surface area contributed by atoms with Crippen molar-refractivity contribution in [1.82, 2.24) is 19.4 Å². The Kier molecular flexibility index (Phi) is 7.20. The predicted molar refractivity (Wildman–Crippen MR) is 157 cm³/mol. The molecule has 2 aromatic carbocycles. The van der Waals surface area contributed by atoms with Crippen LogP contribution in [0.5, 0.6) is 0 Å². The standard InChI is InChI=1S/C31H38N6S/c1-23-33-28-11-7-8-12-29(28)37(23)27-21-25-13-14-26(22-27)36(25)20-17-31(24-9-5-4-6-10-24)15-18-35(19-16-31)30(38-3)34-32-2/h4-12,25-27H,13-22H2,1,3H3/b34-30-/t25-,26+,27?. The number of para-hydroxylation sites is 2. The van der Waals surface area contributed by atoms with E-state index >= 15 is 0 Å². The van der Waals surface area contributed by atoms with E-state index in [0.717, 1.165) is 42.4 Å². The molecule has 4 heterocycles. The first-order chi connectivity index (χ1) is 18.6. The van der Waals surface area contributed by atoms with E-state index in [9.17, 15) is 0 Å². The third kappa shape index (κ3) is 4.63. The third-order valence-electron chi connectivity index (χ3n) is 9.54. The van der Waals surface area contributed by atoms with Crippen LogP contribution >= 0.6 is 11.8 Å². The Morgan fingerprint density at radius 3 is 2.39 bits per heavy atom. The molecule has 2 bridgehead atoms. The molecule has 38 heavy (non-hydrogen) atoms. The van der Waals surface area contributed by atoms with Gasteiger partial charge in [0.1, 0.15) is 10.9 Å². The lowest BCUT2D eigenvalue weighted by Crippen LogP contribution is -2.48. The van der Waals surface area contributed by atoms with Crippen molar-refractivity contribution in [1.29, 1.82) is 0 Å². The Balaban J connectivity index is 1.18. The van der Waals surface area contributed by atoms with E-state index in [1.807, 2.05) is 6.26 Å². The second kappa shape index (κ2) is 10.7. The van der Waals surface area contributed by atoms with E-state index in [0.29, 0.717) is 18.1 Å². The zero-order chi connectivity index (χ0) is 26.1. The summed E-state index contributed by atoms with van der Waals surface area (Å²) in [5.74, 6) is 1.16. The molecule has 6 nitrogen and oxygen atoms in total. The number of hydrogen-bond acceptors (Lipinski definition) is 4. The average Bonchev–Trinajstić information content (AvgIpc) is 3.42. The van der Waals surface area contributed by atoms with E-state index in [4.69, 9.17) is 11.6 Å². The fourth-order valence-electron chi connectivity index (χ4n) is 7.67. The van der Waals surface area contributed by atoms with Gasteiger partial charge in [-0.15, -0.1) is 4.95 Å². The number of amidine groups is 1. The van der Waals surface area contributed by atoms with Gasteiger partial charge in [-0.2, -0.15) is 6.57 Å². The van der Waals surface area contributed by atoms with E-state index in [2.05, 4.69) is 85.9 Å². The van der Waals surface area contributed by atoms with Gasteiger partial charge in [-0.3, -0.25) is 4.90 Å². The molecule has 3 aromatic rings. The molecule has 0 amide bonds. The van der Waals surface area contributed by atoms with Crippen molar-refractivity contribution in [3.05, 3.63) is 77.5 Å². The summed E-state index contributed by atoms with van der Waals surface area (Å²) in [6.07, 6.45) is 10.6. The van der Waals surface area contributed by atoms with Crippen LogP contribution in [-0.4, -0.2) is 62.5 Å². The molecular weight excluding hydrogens is 488 g/mol. The highest BCUT2D eigenvalue weighted by Gasteiger charge is 2.44. The number of nitrogens with zero attached hydrogens (tertiary/aromatic N) is 6. The van der Waals surface area contributed by atoms with Crippen LogP contribution in [0.25, 0.3) is 16.0 Å². The highest BCUT2D eigenvalue weighted by atomic mass is 32.2. The molecule has 0 N–H and O–H groups in total. The topological polar surface area (TPSA) is 41.0 Å². The van der Waals surface area contributed by atoms with Crippen LogP contribution in [0.1, 0.15) is 62.4 Å². The SMILES string of the molecule is [C-]#[N+]/N=C(\SC)N1CCC(CCN2[C@@H]3CC[C@H]2CC(n2c(C)nc4ccccc42)C3)(c2ccccc2)CC1. The second-order valence-corrected chi connectivity index (χ2v) is 12.1. The number of benzene rings is 2. The molecule has 1 aromatic heterocycles. The molecular formula is C31H38N6S. The average molecular weight is 527 g/mol. The number of rotatable bonds is 5. The van der Waals surface area contributed by atoms with Crippen LogP contribution in [0.15, 0.2) is 59.7 Å². The molecule has 3 atom stereocenters. The van der Waals surface area contributed by atoms with Gasteiger partial charge >= 0.3 is 0 Å². The number of likely N-dealkylation sites (tertiary alicyclic amines) is 1. The molecule has 3 saturated heterocycles. The Morgan fingerprint density at radius 1 is 1.03 bits per heavy atom. The Hall–Kier alpha value is -2.82. The fourth-order valence-corrected chi connectivity index (χ4v) is 8.23. The first kappa shape index (κ1) is 25.5. The number of imidazole rings is 1. The smallest absolute Gasteiger partial charge is 0.246 e. The molecule has 3 fully saturated rings. The van der Waals surface area contributed by atoms with Crippen molar-refractivity contribution in [2.45, 2.75) is 75.4 Å². The maximum Gasteiger partial charge on any atom is 0.246 e.